The molecule has 1 aliphatic carbocycles. The van der Waals surface area contributed by atoms with Gasteiger partial charge in [0.2, 0.25) is 0 Å². The van der Waals surface area contributed by atoms with Crippen molar-refractivity contribution in [3.05, 3.63) is 35.9 Å². The minimum absolute atomic E-state index is 0.231. The molecule has 0 amide bonds. The van der Waals surface area contributed by atoms with E-state index >= 15 is 0 Å². The van der Waals surface area contributed by atoms with E-state index in [0.29, 0.717) is 5.78 Å². The van der Waals surface area contributed by atoms with Gasteiger partial charge in [0.15, 0.2) is 0 Å². The first kappa shape index (κ1) is 23.4. The van der Waals surface area contributed by atoms with Crippen LogP contribution in [0.1, 0.15) is 85.6 Å². The number of benzene rings is 1. The molecular weight excluding hydrogens is 308 g/mol. The Labute approximate surface area is 155 Å². The molecule has 0 heterocycles. The van der Waals surface area contributed by atoms with Gasteiger partial charge in [0.25, 0.3) is 0 Å². The fraction of sp³-hybridized carbons (Fsp3) is 0.609. The Kier molecular flexibility index (Phi) is 13.8. The lowest BCUT2D eigenvalue weighted by Gasteiger charge is -2.20. The lowest BCUT2D eigenvalue weighted by Crippen LogP contribution is -2.13. The van der Waals surface area contributed by atoms with E-state index in [1.807, 2.05) is 27.7 Å². The summed E-state index contributed by atoms with van der Waals surface area (Å²) >= 11 is 0. The lowest BCUT2D eigenvalue weighted by molar-refractivity contribution is -0.120. The third-order valence-corrected chi connectivity index (χ3v) is 4.23. The van der Waals surface area contributed by atoms with Crippen molar-refractivity contribution in [1.82, 2.24) is 0 Å². The number of ether oxygens (including phenoxy) is 1. The molecule has 0 bridgehead atoms. The fourth-order valence-electron chi connectivity index (χ4n) is 2.77. The average Bonchev–Trinajstić information content (AvgIpc) is 2.69. The van der Waals surface area contributed by atoms with Crippen molar-refractivity contribution in [2.75, 3.05) is 6.61 Å². The van der Waals surface area contributed by atoms with Crippen molar-refractivity contribution < 1.29 is 9.53 Å². The number of ketones is 1. The summed E-state index contributed by atoms with van der Waals surface area (Å²) in [5.41, 5.74) is 2.63. The van der Waals surface area contributed by atoms with Crippen LogP contribution in [0.3, 0.4) is 0 Å². The van der Waals surface area contributed by atoms with Crippen LogP contribution in [0.25, 0.3) is 5.57 Å². The number of unbranched alkanes of at least 4 members (excludes halogenated alkanes) is 2. The molecule has 0 fully saturated rings. The van der Waals surface area contributed by atoms with Gasteiger partial charge in [0.1, 0.15) is 11.5 Å². The fourth-order valence-corrected chi connectivity index (χ4v) is 2.77. The molecule has 1 atom stereocenters. The molecule has 0 saturated heterocycles. The molecule has 142 valence electrons. The second-order valence-corrected chi connectivity index (χ2v) is 5.89. The standard InChI is InChI=1S/C19H26O2.2C2H6/c1-3-4-5-14-21-19-12-10-18(11-13-19)17-8-6-16(7-9-17)15(2)20;2*1-2/h8,10-13,16H,3-7,9,14H2,1-2H3;2*1-2H3. The predicted molar refractivity (Wildman–Crippen MR) is 110 cm³/mol. The Morgan fingerprint density at radius 2 is 1.72 bits per heavy atom. The molecule has 2 nitrogen and oxygen atoms in total. The van der Waals surface area contributed by atoms with Crippen LogP contribution in [0.4, 0.5) is 0 Å². The van der Waals surface area contributed by atoms with Gasteiger partial charge in [-0.05, 0) is 55.9 Å². The first-order valence-electron chi connectivity index (χ1n) is 10.1. The minimum Gasteiger partial charge on any atom is -0.494 e. The molecule has 1 aliphatic rings. The molecular formula is C23H38O2. The summed E-state index contributed by atoms with van der Waals surface area (Å²) < 4.78 is 5.73. The first-order valence-corrected chi connectivity index (χ1v) is 10.1. The minimum atomic E-state index is 0.231. The van der Waals surface area contributed by atoms with Gasteiger partial charge >= 0.3 is 0 Å². The molecule has 1 unspecified atom stereocenters. The Balaban J connectivity index is 0.00000134. The zero-order valence-electron chi connectivity index (χ0n) is 17.2. The number of rotatable bonds is 7. The number of hydrogen-bond donors (Lipinski definition) is 0. The summed E-state index contributed by atoms with van der Waals surface area (Å²) in [4.78, 5) is 11.4. The zero-order chi connectivity index (χ0) is 19.1. The zero-order valence-corrected chi connectivity index (χ0v) is 17.2. The van der Waals surface area contributed by atoms with Crippen molar-refractivity contribution in [1.29, 1.82) is 0 Å². The van der Waals surface area contributed by atoms with Crippen molar-refractivity contribution in [2.24, 2.45) is 5.92 Å². The summed E-state index contributed by atoms with van der Waals surface area (Å²) in [7, 11) is 0. The van der Waals surface area contributed by atoms with E-state index in [0.717, 1.165) is 38.0 Å². The monoisotopic (exact) mass is 346 g/mol. The highest BCUT2D eigenvalue weighted by Gasteiger charge is 2.18. The largest absolute Gasteiger partial charge is 0.494 e. The molecule has 0 aromatic heterocycles. The second kappa shape index (κ2) is 14.7. The summed E-state index contributed by atoms with van der Waals surface area (Å²) in [6.07, 6.45) is 8.67. The van der Waals surface area contributed by atoms with Crippen LogP contribution in [0.15, 0.2) is 30.3 Å². The van der Waals surface area contributed by atoms with Gasteiger partial charge in [-0.25, -0.2) is 0 Å². The highest BCUT2D eigenvalue weighted by atomic mass is 16.5. The summed E-state index contributed by atoms with van der Waals surface area (Å²) in [5.74, 6) is 1.50. The molecule has 1 aromatic rings. The topological polar surface area (TPSA) is 26.3 Å². The molecule has 0 radical (unpaired) electrons. The van der Waals surface area contributed by atoms with Gasteiger partial charge in [0.05, 0.1) is 6.61 Å². The van der Waals surface area contributed by atoms with Crippen molar-refractivity contribution in [3.8, 4) is 5.75 Å². The van der Waals surface area contributed by atoms with Gasteiger partial charge < -0.3 is 4.74 Å². The average molecular weight is 347 g/mol. The van der Waals surface area contributed by atoms with Gasteiger partial charge in [0, 0.05) is 5.92 Å². The second-order valence-electron chi connectivity index (χ2n) is 5.89. The van der Waals surface area contributed by atoms with E-state index in [1.165, 1.54) is 24.0 Å². The number of carbonyl (C=O) groups excluding carboxylic acids is 1. The van der Waals surface area contributed by atoms with E-state index < -0.39 is 0 Å². The van der Waals surface area contributed by atoms with Crippen molar-refractivity contribution >= 4 is 11.4 Å². The van der Waals surface area contributed by atoms with Crippen molar-refractivity contribution in [3.63, 3.8) is 0 Å². The summed E-state index contributed by atoms with van der Waals surface area (Å²) in [5, 5.41) is 0. The van der Waals surface area contributed by atoms with E-state index in [4.69, 9.17) is 4.74 Å². The Hall–Kier alpha value is -1.57. The van der Waals surface area contributed by atoms with Crippen LogP contribution in [0, 0.1) is 5.92 Å². The molecule has 2 heteroatoms. The number of hydrogen-bond acceptors (Lipinski definition) is 2. The SMILES string of the molecule is CC.CC.CCCCCOc1ccc(C2=CCC(C(C)=O)CC2)cc1. The highest BCUT2D eigenvalue weighted by molar-refractivity contribution is 5.80. The van der Waals surface area contributed by atoms with E-state index in [2.05, 4.69) is 37.3 Å². The predicted octanol–water partition coefficient (Wildman–Crippen LogP) is 7.08. The maximum absolute atomic E-state index is 11.4. The van der Waals surface area contributed by atoms with E-state index in [9.17, 15) is 4.79 Å². The maximum Gasteiger partial charge on any atom is 0.133 e. The summed E-state index contributed by atoms with van der Waals surface area (Å²) in [6, 6.07) is 8.38. The van der Waals surface area contributed by atoms with Gasteiger partial charge in [-0.15, -0.1) is 0 Å². The first-order chi connectivity index (χ1) is 12.2. The van der Waals surface area contributed by atoms with Gasteiger partial charge in [-0.2, -0.15) is 0 Å². The molecule has 0 spiro atoms. The maximum atomic E-state index is 11.4. The van der Waals surface area contributed by atoms with Crippen LogP contribution < -0.4 is 4.74 Å². The van der Waals surface area contributed by atoms with Crippen LogP contribution in [0.2, 0.25) is 0 Å². The van der Waals surface area contributed by atoms with Crippen molar-refractivity contribution in [2.45, 2.75) is 80.1 Å². The Morgan fingerprint density at radius 1 is 1.08 bits per heavy atom. The van der Waals surface area contributed by atoms with E-state index in [1.54, 1.807) is 6.92 Å². The van der Waals surface area contributed by atoms with E-state index in [-0.39, 0.29) is 5.92 Å². The molecule has 1 aromatic carbocycles. The van der Waals surface area contributed by atoms with Crippen LogP contribution in [0.5, 0.6) is 5.75 Å². The quantitative estimate of drug-likeness (QED) is 0.493. The molecule has 25 heavy (non-hydrogen) atoms. The van der Waals surface area contributed by atoms with Gasteiger partial charge in [-0.1, -0.05) is 65.7 Å². The van der Waals surface area contributed by atoms with Crippen LogP contribution in [-0.4, -0.2) is 12.4 Å². The smallest absolute Gasteiger partial charge is 0.133 e. The number of allylic oxidation sites excluding steroid dienone is 2. The van der Waals surface area contributed by atoms with Crippen LogP contribution >= 0.6 is 0 Å². The number of carbonyl (C=O) groups is 1. The third kappa shape index (κ3) is 8.90. The lowest BCUT2D eigenvalue weighted by atomic mass is 9.85. The summed E-state index contributed by atoms with van der Waals surface area (Å²) in [6.45, 7) is 12.7. The molecule has 2 rings (SSSR count). The molecule has 0 N–H and O–H groups in total. The normalized spacial score (nSPS) is 15.8. The Bertz CT molecular complexity index is 485. The highest BCUT2D eigenvalue weighted by Crippen LogP contribution is 2.31. The van der Waals surface area contributed by atoms with Crippen LogP contribution in [-0.2, 0) is 4.79 Å². The third-order valence-electron chi connectivity index (χ3n) is 4.23. The molecule has 0 saturated carbocycles. The number of Topliss-reactive ketones (excluding diaryl/α,β-unsaturated/α-hetero) is 1. The Morgan fingerprint density at radius 3 is 2.20 bits per heavy atom. The molecule has 0 aliphatic heterocycles. The van der Waals surface area contributed by atoms with Gasteiger partial charge in [-0.3, -0.25) is 4.79 Å².